The van der Waals surface area contributed by atoms with Crippen LogP contribution in [0.25, 0.3) is 0 Å². The van der Waals surface area contributed by atoms with Crippen molar-refractivity contribution in [2.24, 2.45) is 5.92 Å². The van der Waals surface area contributed by atoms with Gasteiger partial charge in [-0.15, -0.1) is 0 Å². The van der Waals surface area contributed by atoms with Crippen molar-refractivity contribution in [2.45, 2.75) is 45.7 Å². The Balaban J connectivity index is 1.63. The predicted molar refractivity (Wildman–Crippen MR) is 114 cm³/mol. The molecule has 0 spiro atoms. The number of piperidine rings is 1. The van der Waals surface area contributed by atoms with Gasteiger partial charge in [-0.25, -0.2) is 0 Å². The van der Waals surface area contributed by atoms with Crippen LogP contribution in [0.1, 0.15) is 49.0 Å². The summed E-state index contributed by atoms with van der Waals surface area (Å²) in [4.78, 5) is 28.5. The summed E-state index contributed by atoms with van der Waals surface area (Å²) < 4.78 is 0. The van der Waals surface area contributed by atoms with Gasteiger partial charge in [0, 0.05) is 42.8 Å². The summed E-state index contributed by atoms with van der Waals surface area (Å²) >= 11 is 0. The van der Waals surface area contributed by atoms with Crippen LogP contribution in [0, 0.1) is 5.92 Å². The quantitative estimate of drug-likeness (QED) is 0.664. The van der Waals surface area contributed by atoms with Crippen LogP contribution in [-0.4, -0.2) is 36.2 Å². The van der Waals surface area contributed by atoms with E-state index in [1.807, 2.05) is 42.5 Å². The molecule has 1 aliphatic heterocycles. The second-order valence-corrected chi connectivity index (χ2v) is 7.68. The second kappa shape index (κ2) is 9.54. The molecular formula is C24H30N2O2. The van der Waals surface area contributed by atoms with Gasteiger partial charge in [-0.1, -0.05) is 37.3 Å². The highest BCUT2D eigenvalue weighted by atomic mass is 16.2. The number of carbonyl (C=O) groups excluding carboxylic acids is 2. The third-order valence-corrected chi connectivity index (χ3v) is 5.84. The van der Waals surface area contributed by atoms with E-state index in [9.17, 15) is 9.59 Å². The molecule has 0 unspecified atom stereocenters. The van der Waals surface area contributed by atoms with E-state index >= 15 is 0 Å². The van der Waals surface area contributed by atoms with Gasteiger partial charge < -0.3 is 9.80 Å². The molecule has 28 heavy (non-hydrogen) atoms. The fourth-order valence-corrected chi connectivity index (χ4v) is 3.83. The van der Waals surface area contributed by atoms with Crippen molar-refractivity contribution >= 4 is 17.9 Å². The smallest absolute Gasteiger partial charge is 0.226 e. The van der Waals surface area contributed by atoms with Crippen LogP contribution in [-0.2, 0) is 11.3 Å². The summed E-state index contributed by atoms with van der Waals surface area (Å²) in [5, 5.41) is 0. The first kappa shape index (κ1) is 20.1. The Bertz CT molecular complexity index is 765. The van der Waals surface area contributed by atoms with E-state index < -0.39 is 0 Å². The monoisotopic (exact) mass is 378 g/mol. The number of carbonyl (C=O) groups is 2. The lowest BCUT2D eigenvalue weighted by Gasteiger charge is -2.37. The molecule has 0 aliphatic carbocycles. The zero-order valence-electron chi connectivity index (χ0n) is 16.9. The molecule has 0 radical (unpaired) electrons. The van der Waals surface area contributed by atoms with Crippen molar-refractivity contribution in [1.29, 1.82) is 0 Å². The van der Waals surface area contributed by atoms with Crippen LogP contribution in [0.4, 0.5) is 5.69 Å². The molecule has 2 aromatic rings. The van der Waals surface area contributed by atoms with Gasteiger partial charge in [0.2, 0.25) is 5.91 Å². The number of amides is 1. The van der Waals surface area contributed by atoms with Gasteiger partial charge in [0.15, 0.2) is 0 Å². The van der Waals surface area contributed by atoms with Crippen LogP contribution >= 0.6 is 0 Å². The molecular weight excluding hydrogens is 348 g/mol. The predicted octanol–water partition coefficient (Wildman–Crippen LogP) is 4.54. The normalized spacial score (nSPS) is 15.9. The average Bonchev–Trinajstić information content (AvgIpc) is 2.77. The standard InChI is InChI=1S/C24H30N2O2/c1-3-19(2)26(17-20-7-5-4-6-8-20)24(28)22-13-15-25(16-14-22)23-11-9-21(18-27)10-12-23/h4-12,18-19,22H,3,13-17H2,1-2H3/t19-/m0/s1. The van der Waals surface area contributed by atoms with Crippen LogP contribution in [0.15, 0.2) is 54.6 Å². The average molecular weight is 379 g/mol. The Morgan fingerprint density at radius 1 is 1.11 bits per heavy atom. The number of aldehydes is 1. The first-order chi connectivity index (χ1) is 13.6. The third kappa shape index (κ3) is 4.80. The summed E-state index contributed by atoms with van der Waals surface area (Å²) in [5.41, 5.74) is 3.00. The van der Waals surface area contributed by atoms with Crippen LogP contribution in [0.5, 0.6) is 0 Å². The second-order valence-electron chi connectivity index (χ2n) is 7.68. The van der Waals surface area contributed by atoms with Crippen LogP contribution < -0.4 is 4.90 Å². The van der Waals surface area contributed by atoms with Crippen molar-refractivity contribution in [3.63, 3.8) is 0 Å². The minimum absolute atomic E-state index is 0.0863. The van der Waals surface area contributed by atoms with E-state index in [1.165, 1.54) is 5.56 Å². The van der Waals surface area contributed by atoms with Crippen molar-refractivity contribution in [1.82, 2.24) is 4.90 Å². The maximum Gasteiger partial charge on any atom is 0.226 e. The molecule has 1 aliphatic rings. The highest BCUT2D eigenvalue weighted by Crippen LogP contribution is 2.26. The maximum absolute atomic E-state index is 13.3. The molecule has 2 aromatic carbocycles. The summed E-state index contributed by atoms with van der Waals surface area (Å²) in [7, 11) is 0. The first-order valence-corrected chi connectivity index (χ1v) is 10.3. The van der Waals surface area contributed by atoms with Crippen molar-refractivity contribution in [2.75, 3.05) is 18.0 Å². The highest BCUT2D eigenvalue weighted by Gasteiger charge is 2.30. The molecule has 0 bridgehead atoms. The van der Waals surface area contributed by atoms with Gasteiger partial charge in [0.05, 0.1) is 0 Å². The zero-order valence-corrected chi connectivity index (χ0v) is 16.9. The van der Waals surface area contributed by atoms with E-state index in [2.05, 4.69) is 35.8 Å². The van der Waals surface area contributed by atoms with E-state index in [4.69, 9.17) is 0 Å². The van der Waals surface area contributed by atoms with Crippen molar-refractivity contribution < 1.29 is 9.59 Å². The van der Waals surface area contributed by atoms with E-state index in [1.54, 1.807) is 0 Å². The van der Waals surface area contributed by atoms with Gasteiger partial charge in [0.25, 0.3) is 0 Å². The molecule has 3 rings (SSSR count). The molecule has 148 valence electrons. The summed E-state index contributed by atoms with van der Waals surface area (Å²) in [6.45, 7) is 6.71. The number of nitrogens with zero attached hydrogens (tertiary/aromatic N) is 2. The van der Waals surface area contributed by atoms with Gasteiger partial charge in [-0.05, 0) is 56.0 Å². The maximum atomic E-state index is 13.3. The van der Waals surface area contributed by atoms with E-state index in [-0.39, 0.29) is 17.9 Å². The Kier molecular flexibility index (Phi) is 6.85. The number of anilines is 1. The van der Waals surface area contributed by atoms with Crippen molar-refractivity contribution in [3.05, 3.63) is 65.7 Å². The molecule has 1 heterocycles. The van der Waals surface area contributed by atoms with E-state index in [0.717, 1.165) is 44.3 Å². The summed E-state index contributed by atoms with van der Waals surface area (Å²) in [6.07, 6.45) is 3.57. The molecule has 0 aromatic heterocycles. The molecule has 1 amide bonds. The molecule has 1 atom stereocenters. The zero-order chi connectivity index (χ0) is 19.9. The van der Waals surface area contributed by atoms with Gasteiger partial charge in [-0.2, -0.15) is 0 Å². The van der Waals surface area contributed by atoms with Crippen LogP contribution in [0.3, 0.4) is 0 Å². The summed E-state index contributed by atoms with van der Waals surface area (Å²) in [6, 6.07) is 18.2. The molecule has 1 fully saturated rings. The Morgan fingerprint density at radius 2 is 1.75 bits per heavy atom. The lowest BCUT2D eigenvalue weighted by Crippen LogP contribution is -2.45. The Hall–Kier alpha value is -2.62. The molecule has 4 nitrogen and oxygen atoms in total. The Morgan fingerprint density at radius 3 is 2.32 bits per heavy atom. The number of hydrogen-bond acceptors (Lipinski definition) is 3. The van der Waals surface area contributed by atoms with Gasteiger partial charge >= 0.3 is 0 Å². The Labute approximate surface area is 168 Å². The minimum atomic E-state index is 0.0863. The number of benzene rings is 2. The summed E-state index contributed by atoms with van der Waals surface area (Å²) in [5.74, 6) is 0.373. The van der Waals surface area contributed by atoms with E-state index in [0.29, 0.717) is 12.1 Å². The molecule has 0 saturated carbocycles. The third-order valence-electron chi connectivity index (χ3n) is 5.84. The molecule has 0 N–H and O–H groups in total. The first-order valence-electron chi connectivity index (χ1n) is 10.3. The number of rotatable bonds is 7. The lowest BCUT2D eigenvalue weighted by molar-refractivity contribution is -0.139. The van der Waals surface area contributed by atoms with Gasteiger partial charge in [-0.3, -0.25) is 9.59 Å². The van der Waals surface area contributed by atoms with Crippen molar-refractivity contribution in [3.8, 4) is 0 Å². The lowest BCUT2D eigenvalue weighted by atomic mass is 9.93. The molecule has 4 heteroatoms. The fraction of sp³-hybridized carbons (Fsp3) is 0.417. The molecule has 1 saturated heterocycles. The topological polar surface area (TPSA) is 40.6 Å². The highest BCUT2D eigenvalue weighted by molar-refractivity contribution is 5.79. The van der Waals surface area contributed by atoms with Gasteiger partial charge in [0.1, 0.15) is 6.29 Å². The number of hydrogen-bond donors (Lipinski definition) is 0. The fourth-order valence-electron chi connectivity index (χ4n) is 3.83. The minimum Gasteiger partial charge on any atom is -0.371 e. The van der Waals surface area contributed by atoms with Crippen LogP contribution in [0.2, 0.25) is 0 Å². The SMILES string of the molecule is CC[C@H](C)N(Cc1ccccc1)C(=O)C1CCN(c2ccc(C=O)cc2)CC1. The largest absolute Gasteiger partial charge is 0.371 e.